The van der Waals surface area contributed by atoms with Gasteiger partial charge in [0, 0.05) is 93.4 Å². The molecule has 0 aromatic heterocycles. The van der Waals surface area contributed by atoms with Gasteiger partial charge in [0.05, 0.1) is 47.1 Å². The molecule has 2 amide bonds. The molecule has 0 unspecified atom stereocenters. The van der Waals surface area contributed by atoms with Crippen LogP contribution >= 0.6 is 0 Å². The van der Waals surface area contributed by atoms with E-state index in [2.05, 4.69) is 34.7 Å². The Hall–Kier alpha value is -6.14. The Morgan fingerprint density at radius 3 is 2.30 bits per heavy atom. The largest absolute Gasteiger partial charge is 0.507 e. The number of phenols is 1. The van der Waals surface area contributed by atoms with Crippen molar-refractivity contribution in [3.8, 4) is 11.5 Å². The topological polar surface area (TPSA) is 235 Å². The lowest BCUT2D eigenvalue weighted by atomic mass is 9.78. The van der Waals surface area contributed by atoms with Gasteiger partial charge in [-0.05, 0) is 31.4 Å². The smallest absolute Gasteiger partial charge is 0.315 e. The minimum absolute atomic E-state index is 0.00179. The van der Waals surface area contributed by atoms with Crippen LogP contribution in [0.25, 0.3) is 0 Å². The predicted octanol–water partition coefficient (Wildman–Crippen LogP) is 5.30. The summed E-state index contributed by atoms with van der Waals surface area (Å²) in [6.45, 7) is 18.1. The number of carbonyl (C=O) groups excluding carboxylic acids is 5. The Morgan fingerprint density at radius 1 is 0.944 bits per heavy atom. The molecule has 0 radical (unpaired) electrons. The van der Waals surface area contributed by atoms with Crippen LogP contribution in [0.3, 0.4) is 0 Å². The number of aliphatic imine (C=N–C) groups is 1. The zero-order chi connectivity index (χ0) is 51.7. The maximum Gasteiger partial charge on any atom is 0.315 e. The molecule has 1 aliphatic carbocycles. The second-order valence-electron chi connectivity index (χ2n) is 20.3. The van der Waals surface area contributed by atoms with Gasteiger partial charge in [0.2, 0.25) is 11.7 Å². The van der Waals surface area contributed by atoms with Gasteiger partial charge in [-0.25, -0.2) is 0 Å². The SMILES string of the molecule is CO[C@H]1/C=C/O[C@@]2(C)Oc3c(C)c(O)c4c(c3C2=O)C2=NC3(CCN(CC(C)C)CC3)NC2=C(NC(=O)/C(C)=C\C=C\[C@H](C)[C@H](O)[C@@H](C)[C@@H](O)[C@@H](C)[C@H](OC(=O)CC(=O)NCc2ccccc2)[C@@H]1C)C4=O. The van der Waals surface area contributed by atoms with Crippen molar-refractivity contribution in [1.82, 2.24) is 20.9 Å². The molecule has 5 aliphatic heterocycles. The molecule has 1 fully saturated rings. The molecule has 5 bridgehead atoms. The molecule has 17 heteroatoms. The number of benzene rings is 2. The average Bonchev–Trinajstić information content (AvgIpc) is 3.84. The molecule has 17 nitrogen and oxygen atoms in total. The summed E-state index contributed by atoms with van der Waals surface area (Å²) in [5.41, 5.74) is 0.408. The van der Waals surface area contributed by atoms with Gasteiger partial charge in [0.15, 0.2) is 0 Å². The Morgan fingerprint density at radius 2 is 1.63 bits per heavy atom. The van der Waals surface area contributed by atoms with E-state index in [1.54, 1.807) is 46.8 Å². The first-order chi connectivity index (χ1) is 33.6. The molecular formula is C54H69N5O12. The summed E-state index contributed by atoms with van der Waals surface area (Å²) in [5, 5.41) is 44.4. The molecule has 0 saturated carbocycles. The molecule has 382 valence electrons. The number of hydrogen-bond donors (Lipinski definition) is 6. The van der Waals surface area contributed by atoms with Crippen LogP contribution in [-0.2, 0) is 35.1 Å². The number of amides is 2. The van der Waals surface area contributed by atoms with Crippen LogP contribution in [0.1, 0.15) is 112 Å². The fourth-order valence-electron chi connectivity index (χ4n) is 10.3. The van der Waals surface area contributed by atoms with Gasteiger partial charge in [-0.2, -0.15) is 0 Å². The number of aliphatic hydroxyl groups excluding tert-OH is 2. The average molecular weight is 980 g/mol. The van der Waals surface area contributed by atoms with Crippen molar-refractivity contribution in [3.05, 3.63) is 106 Å². The molecule has 71 heavy (non-hydrogen) atoms. The molecule has 5 heterocycles. The Kier molecular flexibility index (Phi) is 15.8. The summed E-state index contributed by atoms with van der Waals surface area (Å²) >= 11 is 0. The fourth-order valence-corrected chi connectivity index (χ4v) is 10.3. The van der Waals surface area contributed by atoms with Gasteiger partial charge in [-0.15, -0.1) is 0 Å². The Bertz CT molecular complexity index is 2580. The summed E-state index contributed by atoms with van der Waals surface area (Å²) in [6, 6.07) is 9.21. The van der Waals surface area contributed by atoms with Crippen LogP contribution < -0.4 is 20.7 Å². The third kappa shape index (κ3) is 10.7. The number of methoxy groups -OCH3 is 1. The molecule has 6 N–H and O–H groups in total. The first kappa shape index (κ1) is 52.7. The molecule has 2 aromatic rings. The van der Waals surface area contributed by atoms with Crippen LogP contribution in [0.4, 0.5) is 0 Å². The number of phenolic OH excluding ortho intramolecular Hbond substituents is 1. The van der Waals surface area contributed by atoms with E-state index in [4.69, 9.17) is 23.9 Å². The zero-order valence-electron chi connectivity index (χ0n) is 42.3. The van der Waals surface area contributed by atoms with Crippen molar-refractivity contribution in [2.75, 3.05) is 26.7 Å². The number of Topliss-reactive ketones (excluding diaryl/α,β-unsaturated/α-hetero) is 2. The number of nitrogens with zero attached hydrogens (tertiary/aromatic N) is 2. The van der Waals surface area contributed by atoms with Crippen molar-refractivity contribution < 1.29 is 58.2 Å². The van der Waals surface area contributed by atoms with Crippen molar-refractivity contribution >= 4 is 35.1 Å². The zero-order valence-corrected chi connectivity index (χ0v) is 42.3. The fraction of sp³-hybridized carbons (Fsp3) is 0.519. The number of hydrogen-bond acceptors (Lipinski definition) is 15. The second kappa shape index (κ2) is 21.3. The van der Waals surface area contributed by atoms with E-state index in [0.29, 0.717) is 31.8 Å². The van der Waals surface area contributed by atoms with Crippen LogP contribution in [0, 0.1) is 36.5 Å². The number of piperidine rings is 1. The first-order valence-electron chi connectivity index (χ1n) is 24.5. The highest BCUT2D eigenvalue weighted by Crippen LogP contribution is 2.50. The van der Waals surface area contributed by atoms with E-state index in [-0.39, 0.29) is 57.2 Å². The Labute approximate surface area is 415 Å². The number of carbonyl (C=O) groups is 5. The van der Waals surface area contributed by atoms with E-state index in [1.165, 1.54) is 39.4 Å². The number of esters is 1. The monoisotopic (exact) mass is 979 g/mol. The molecule has 2 aromatic carbocycles. The van der Waals surface area contributed by atoms with Crippen LogP contribution in [0.2, 0.25) is 0 Å². The number of aliphatic hydroxyl groups is 2. The minimum Gasteiger partial charge on any atom is -0.507 e. The van der Waals surface area contributed by atoms with Crippen molar-refractivity contribution in [2.45, 2.75) is 124 Å². The minimum atomic E-state index is -2.03. The second-order valence-corrected chi connectivity index (χ2v) is 20.3. The number of aromatic hydroxyl groups is 1. The molecular weight excluding hydrogens is 911 g/mol. The maximum atomic E-state index is 14.9. The van der Waals surface area contributed by atoms with E-state index < -0.39 is 101 Å². The summed E-state index contributed by atoms with van der Waals surface area (Å²) in [4.78, 5) is 77.8. The number of nitrogens with one attached hydrogen (secondary N) is 3. The van der Waals surface area contributed by atoms with E-state index in [9.17, 15) is 39.3 Å². The van der Waals surface area contributed by atoms with E-state index in [0.717, 1.165) is 12.1 Å². The number of fused-ring (bicyclic) bond motifs is 13. The van der Waals surface area contributed by atoms with Gasteiger partial charge in [-0.1, -0.05) is 90.1 Å². The molecule has 1 spiro atoms. The van der Waals surface area contributed by atoms with Gasteiger partial charge in [0.1, 0.15) is 35.4 Å². The molecule has 6 aliphatic rings. The van der Waals surface area contributed by atoms with Crippen molar-refractivity contribution in [3.63, 3.8) is 0 Å². The van der Waals surface area contributed by atoms with Gasteiger partial charge < -0.3 is 55.1 Å². The summed E-state index contributed by atoms with van der Waals surface area (Å²) < 4.78 is 24.4. The van der Waals surface area contributed by atoms with Crippen LogP contribution in [0.15, 0.2) is 82.9 Å². The lowest BCUT2D eigenvalue weighted by Gasteiger charge is -2.38. The molecule has 8 rings (SSSR count). The molecule has 1 saturated heterocycles. The summed E-state index contributed by atoms with van der Waals surface area (Å²) in [7, 11) is 1.43. The summed E-state index contributed by atoms with van der Waals surface area (Å²) in [5.74, 6) is -8.36. The van der Waals surface area contributed by atoms with Crippen molar-refractivity contribution in [1.29, 1.82) is 0 Å². The van der Waals surface area contributed by atoms with Gasteiger partial charge >= 0.3 is 11.8 Å². The van der Waals surface area contributed by atoms with E-state index in [1.807, 2.05) is 30.3 Å². The third-order valence-electron chi connectivity index (χ3n) is 14.6. The predicted molar refractivity (Wildman–Crippen MR) is 264 cm³/mol. The lowest BCUT2D eigenvalue weighted by Crippen LogP contribution is -2.50. The van der Waals surface area contributed by atoms with Crippen LogP contribution in [-0.4, -0.2) is 118 Å². The highest BCUT2D eigenvalue weighted by Gasteiger charge is 2.54. The standard InChI is InChI=1S/C54H69N5O12/c1-28(2)27-59-22-20-54(21-23-59)57-42-39-40-47(64)34(8)50-41(39)51(66)53(9,71-50)69-24-19-36(68-10)31(5)49(70-38(61)25-37(60)55-26-35-17-12-11-13-18-35)33(7)46(63)32(6)45(62)29(3)15-14-16-30(4)52(67)56-44(48(40)65)43(42)58-54/h11-19,24,28-29,31-33,36,45-46,49,58,62-64H,20-23,25-27H2,1-10H3,(H,55,60)(H,56,67)/b15-14+,24-19+,30-16-/t29-,31+,32+,33+,36-,45-,46+,49+,53-/m0/s1. The van der Waals surface area contributed by atoms with E-state index >= 15 is 0 Å². The number of ether oxygens (including phenoxy) is 4. The number of ketones is 2. The van der Waals surface area contributed by atoms with Gasteiger partial charge in [0.25, 0.3) is 11.7 Å². The third-order valence-corrected chi connectivity index (χ3v) is 14.6. The number of likely N-dealkylation sites (tertiary alicyclic amines) is 1. The lowest BCUT2D eigenvalue weighted by molar-refractivity contribution is -0.164. The summed E-state index contributed by atoms with van der Waals surface area (Å²) in [6.07, 6.45) is 3.69. The molecule has 9 atom stereocenters. The number of rotatable bonds is 8. The van der Waals surface area contributed by atoms with Gasteiger partial charge in [-0.3, -0.25) is 29.0 Å². The first-order valence-corrected chi connectivity index (χ1v) is 24.5. The Balaban J connectivity index is 1.27. The number of allylic oxidation sites excluding steroid dienone is 4. The maximum absolute atomic E-state index is 14.9. The van der Waals surface area contributed by atoms with Crippen molar-refractivity contribution in [2.24, 2.45) is 34.6 Å². The highest BCUT2D eigenvalue weighted by atomic mass is 16.7. The van der Waals surface area contributed by atoms with Crippen LogP contribution in [0.5, 0.6) is 11.5 Å². The normalized spacial score (nSPS) is 30.6. The highest BCUT2D eigenvalue weighted by molar-refractivity contribution is 6.34. The quantitative estimate of drug-likeness (QED) is 0.146.